The van der Waals surface area contributed by atoms with Crippen LogP contribution in [0.1, 0.15) is 30.1 Å². The van der Waals surface area contributed by atoms with E-state index in [1.54, 1.807) is 35.0 Å². The van der Waals surface area contributed by atoms with Crippen LogP contribution in [0.3, 0.4) is 0 Å². The smallest absolute Gasteiger partial charge is 0.281 e. The predicted octanol–water partition coefficient (Wildman–Crippen LogP) is 2.13. The molecule has 1 aliphatic rings. The van der Waals surface area contributed by atoms with Crippen LogP contribution in [0, 0.1) is 0 Å². The molecule has 1 atom stereocenters. The Kier molecular flexibility index (Phi) is 5.32. The van der Waals surface area contributed by atoms with Gasteiger partial charge in [-0.2, -0.15) is 4.31 Å². The maximum Gasteiger partial charge on any atom is 0.281 e. The first-order valence-corrected chi connectivity index (χ1v) is 11.9. The van der Waals surface area contributed by atoms with E-state index in [4.69, 9.17) is 0 Å². The van der Waals surface area contributed by atoms with Crippen LogP contribution in [-0.2, 0) is 16.6 Å². The molecule has 10 heteroatoms. The third-order valence-corrected chi connectivity index (χ3v) is 7.60. The zero-order valence-electron chi connectivity index (χ0n) is 17.3. The van der Waals surface area contributed by atoms with Crippen molar-refractivity contribution in [2.75, 3.05) is 13.1 Å². The molecule has 2 aromatic heterocycles. The normalized spacial score (nSPS) is 17.6. The van der Waals surface area contributed by atoms with Crippen molar-refractivity contribution in [3.8, 4) is 0 Å². The summed E-state index contributed by atoms with van der Waals surface area (Å²) in [4.78, 5) is 20.4. The quantitative estimate of drug-likeness (QED) is 0.498. The molecule has 0 unspecified atom stereocenters. The second-order valence-electron chi connectivity index (χ2n) is 7.87. The summed E-state index contributed by atoms with van der Waals surface area (Å²) in [6.07, 6.45) is 1.41. The van der Waals surface area contributed by atoms with E-state index in [1.807, 2.05) is 30.3 Å². The first-order valence-electron chi connectivity index (χ1n) is 10.4. The lowest BCUT2D eigenvalue weighted by atomic mass is 9.99. The van der Waals surface area contributed by atoms with Crippen LogP contribution in [0.15, 0.2) is 70.4 Å². The zero-order chi connectivity index (χ0) is 22.1. The van der Waals surface area contributed by atoms with Gasteiger partial charge in [0, 0.05) is 19.0 Å². The first-order chi connectivity index (χ1) is 15.5. The number of sulfonamides is 1. The van der Waals surface area contributed by atoms with E-state index >= 15 is 0 Å². The Hall–Kier alpha value is -3.37. The van der Waals surface area contributed by atoms with E-state index < -0.39 is 10.0 Å². The largest absolute Gasteiger partial charge is 0.308 e. The topological polar surface area (TPSA) is 114 Å². The summed E-state index contributed by atoms with van der Waals surface area (Å²) in [5.41, 5.74) is 1.22. The molecule has 9 nitrogen and oxygen atoms in total. The van der Waals surface area contributed by atoms with Crippen LogP contribution in [0.5, 0.6) is 0 Å². The summed E-state index contributed by atoms with van der Waals surface area (Å²) in [5.74, 6) is 0.242. The highest BCUT2D eigenvalue weighted by atomic mass is 32.2. The molecule has 4 aromatic rings. The molecule has 0 spiro atoms. The average Bonchev–Trinajstić information content (AvgIpc) is 3.23. The van der Waals surface area contributed by atoms with Crippen molar-refractivity contribution >= 4 is 21.2 Å². The van der Waals surface area contributed by atoms with Crippen LogP contribution >= 0.6 is 0 Å². The van der Waals surface area contributed by atoms with Crippen LogP contribution < -0.4 is 5.56 Å². The summed E-state index contributed by atoms with van der Waals surface area (Å²) in [7, 11) is -3.61. The van der Waals surface area contributed by atoms with Gasteiger partial charge in [-0.25, -0.2) is 18.1 Å². The van der Waals surface area contributed by atoms with Crippen molar-refractivity contribution in [2.45, 2.75) is 30.2 Å². The fraction of sp³-hybridized carbons (Fsp3) is 0.273. The van der Waals surface area contributed by atoms with Gasteiger partial charge in [0.2, 0.25) is 10.0 Å². The van der Waals surface area contributed by atoms with Gasteiger partial charge in [0.05, 0.1) is 11.4 Å². The van der Waals surface area contributed by atoms with Crippen molar-refractivity contribution in [1.82, 2.24) is 29.3 Å². The Labute approximate surface area is 184 Å². The number of hydrogen-bond acceptors (Lipinski definition) is 6. The molecule has 0 saturated carbocycles. The number of fused-ring (bicyclic) bond motifs is 1. The van der Waals surface area contributed by atoms with E-state index in [1.165, 1.54) is 4.31 Å². The van der Waals surface area contributed by atoms with Gasteiger partial charge in [0.15, 0.2) is 11.2 Å². The molecule has 1 fully saturated rings. The highest BCUT2D eigenvalue weighted by molar-refractivity contribution is 7.89. The molecule has 0 radical (unpaired) electrons. The van der Waals surface area contributed by atoms with Crippen LogP contribution in [0.4, 0.5) is 0 Å². The summed E-state index contributed by atoms with van der Waals surface area (Å²) < 4.78 is 29.2. The van der Waals surface area contributed by atoms with Gasteiger partial charge in [-0.05, 0) is 30.5 Å². The molecule has 32 heavy (non-hydrogen) atoms. The van der Waals surface area contributed by atoms with Gasteiger partial charge in [-0.3, -0.25) is 4.79 Å². The van der Waals surface area contributed by atoms with Gasteiger partial charge in [0.25, 0.3) is 5.56 Å². The fourth-order valence-corrected chi connectivity index (χ4v) is 5.61. The third-order valence-electron chi connectivity index (χ3n) is 5.72. The minimum atomic E-state index is -3.61. The summed E-state index contributed by atoms with van der Waals surface area (Å²) in [5, 5.41) is 8.10. The van der Waals surface area contributed by atoms with Crippen LogP contribution in [-0.4, -0.2) is 50.8 Å². The third kappa shape index (κ3) is 3.82. The monoisotopic (exact) mass is 450 g/mol. The Morgan fingerprint density at radius 1 is 1.03 bits per heavy atom. The van der Waals surface area contributed by atoms with Gasteiger partial charge < -0.3 is 4.98 Å². The summed E-state index contributed by atoms with van der Waals surface area (Å²) in [6.45, 7) is 1.13. The van der Waals surface area contributed by atoms with Gasteiger partial charge in [0.1, 0.15) is 5.82 Å². The number of rotatable bonds is 5. The molecular formula is C22H22N6O3S. The number of aromatic nitrogens is 5. The molecule has 164 valence electrons. The van der Waals surface area contributed by atoms with Crippen molar-refractivity contribution in [3.05, 3.63) is 82.4 Å². The molecule has 0 bridgehead atoms. The summed E-state index contributed by atoms with van der Waals surface area (Å²) >= 11 is 0. The Balaban J connectivity index is 1.46. The Bertz CT molecular complexity index is 1400. The van der Waals surface area contributed by atoms with Gasteiger partial charge in [-0.1, -0.05) is 53.7 Å². The van der Waals surface area contributed by atoms with E-state index in [-0.39, 0.29) is 28.4 Å². The number of nitrogens with zero attached hydrogens (tertiary/aromatic N) is 5. The molecule has 1 N–H and O–H groups in total. The summed E-state index contributed by atoms with van der Waals surface area (Å²) in [6, 6.07) is 18.1. The average molecular weight is 451 g/mol. The minimum absolute atomic E-state index is 0.175. The number of hydrogen-bond donors (Lipinski definition) is 1. The number of piperidine rings is 1. The van der Waals surface area contributed by atoms with E-state index in [0.717, 1.165) is 12.0 Å². The Morgan fingerprint density at radius 2 is 1.75 bits per heavy atom. The fourth-order valence-electron chi connectivity index (χ4n) is 4.06. The minimum Gasteiger partial charge on any atom is -0.308 e. The maximum absolute atomic E-state index is 13.1. The lowest BCUT2D eigenvalue weighted by Crippen LogP contribution is -2.39. The highest BCUT2D eigenvalue weighted by Crippen LogP contribution is 2.28. The van der Waals surface area contributed by atoms with E-state index in [0.29, 0.717) is 31.0 Å². The highest BCUT2D eigenvalue weighted by Gasteiger charge is 2.32. The molecule has 5 rings (SSSR count). The van der Waals surface area contributed by atoms with E-state index in [2.05, 4.69) is 20.3 Å². The van der Waals surface area contributed by atoms with Crippen molar-refractivity contribution in [1.29, 1.82) is 0 Å². The SMILES string of the molecule is O=c1[nH]c([C@H]2CCCN(S(=O)(=O)c3ccccc3)C2)nc2c1nnn2Cc1ccccc1. The molecule has 0 aliphatic carbocycles. The predicted molar refractivity (Wildman–Crippen MR) is 119 cm³/mol. The van der Waals surface area contributed by atoms with Crippen molar-refractivity contribution in [3.63, 3.8) is 0 Å². The molecule has 3 heterocycles. The second-order valence-corrected chi connectivity index (χ2v) is 9.81. The van der Waals surface area contributed by atoms with Gasteiger partial charge >= 0.3 is 0 Å². The van der Waals surface area contributed by atoms with Crippen LogP contribution in [0.25, 0.3) is 11.2 Å². The van der Waals surface area contributed by atoms with Crippen LogP contribution in [0.2, 0.25) is 0 Å². The molecular weight excluding hydrogens is 428 g/mol. The molecule has 1 saturated heterocycles. The Morgan fingerprint density at radius 3 is 2.50 bits per heavy atom. The number of H-pyrrole nitrogens is 1. The van der Waals surface area contributed by atoms with Gasteiger partial charge in [-0.15, -0.1) is 5.10 Å². The lowest BCUT2D eigenvalue weighted by Gasteiger charge is -2.31. The molecule has 1 aliphatic heterocycles. The van der Waals surface area contributed by atoms with Crippen molar-refractivity contribution < 1.29 is 8.42 Å². The zero-order valence-corrected chi connectivity index (χ0v) is 18.1. The first kappa shape index (κ1) is 20.5. The lowest BCUT2D eigenvalue weighted by molar-refractivity contribution is 0.309. The standard InChI is InChI=1S/C22H22N6O3S/c29-22-19-21(28(26-25-19)14-16-8-3-1-4-9-16)23-20(24-22)17-10-7-13-27(15-17)32(30,31)18-11-5-2-6-12-18/h1-6,8-9,11-12,17H,7,10,13-15H2,(H,23,24,29)/t17-/m0/s1. The van der Waals surface area contributed by atoms with E-state index in [9.17, 15) is 13.2 Å². The second kappa shape index (κ2) is 8.29. The number of aromatic amines is 1. The number of benzene rings is 2. The molecule has 2 aromatic carbocycles. The number of nitrogens with one attached hydrogen (secondary N) is 1. The van der Waals surface area contributed by atoms with Crippen molar-refractivity contribution in [2.24, 2.45) is 0 Å². The molecule has 0 amide bonds. The maximum atomic E-state index is 13.1.